The van der Waals surface area contributed by atoms with Crippen LogP contribution >= 0.6 is 0 Å². The quantitative estimate of drug-likeness (QED) is 0.491. The van der Waals surface area contributed by atoms with Crippen molar-refractivity contribution in [1.82, 2.24) is 4.57 Å². The molecule has 2 N–H and O–H groups in total. The molecule has 0 aliphatic carbocycles. The molecule has 0 atom stereocenters. The molecule has 0 saturated carbocycles. The van der Waals surface area contributed by atoms with Crippen LogP contribution in [0.3, 0.4) is 0 Å². The highest BCUT2D eigenvalue weighted by atomic mass is 16.4. The van der Waals surface area contributed by atoms with Crippen molar-refractivity contribution in [3.63, 3.8) is 0 Å². The Morgan fingerprint density at radius 1 is 1.50 bits per heavy atom. The van der Waals surface area contributed by atoms with Gasteiger partial charge in [0.15, 0.2) is 0 Å². The van der Waals surface area contributed by atoms with Gasteiger partial charge in [0.25, 0.3) is 0 Å². The third-order valence-electron chi connectivity index (χ3n) is 1.57. The lowest BCUT2D eigenvalue weighted by atomic mass is 9.82. The minimum atomic E-state index is -1.35. The Bertz CT molecular complexity index is 212. The normalized spacial score (nSPS) is 10.0. The molecule has 1 aromatic heterocycles. The van der Waals surface area contributed by atoms with Gasteiger partial charge in [-0.1, -0.05) is 0 Å². The predicted octanol–water partition coefficient (Wildman–Crippen LogP) is -0.987. The van der Waals surface area contributed by atoms with Gasteiger partial charge in [-0.3, -0.25) is 0 Å². The number of rotatable bonds is 1. The van der Waals surface area contributed by atoms with Gasteiger partial charge in [-0.2, -0.15) is 0 Å². The Kier molecular flexibility index (Phi) is 1.83. The van der Waals surface area contributed by atoms with Gasteiger partial charge in [-0.05, 0) is 18.5 Å². The average Bonchev–Trinajstić information content (AvgIpc) is 2.13. The summed E-state index contributed by atoms with van der Waals surface area (Å²) < 4.78 is 1.84. The van der Waals surface area contributed by atoms with E-state index in [1.807, 2.05) is 18.5 Å². The molecule has 0 unspecified atom stereocenters. The first-order chi connectivity index (χ1) is 4.61. The van der Waals surface area contributed by atoms with Crippen molar-refractivity contribution in [3.8, 4) is 0 Å². The molecule has 0 radical (unpaired) electrons. The Balaban J connectivity index is 2.98. The van der Waals surface area contributed by atoms with Crippen LogP contribution in [0.15, 0.2) is 12.3 Å². The summed E-state index contributed by atoms with van der Waals surface area (Å²) in [5, 5.41) is 17.4. The molecule has 0 aliphatic heterocycles. The Hall–Kier alpha value is -0.735. The van der Waals surface area contributed by atoms with E-state index in [4.69, 9.17) is 10.0 Å². The van der Waals surface area contributed by atoms with Crippen molar-refractivity contribution in [2.45, 2.75) is 6.92 Å². The molecule has 1 aromatic rings. The number of hydrogen-bond donors (Lipinski definition) is 2. The highest BCUT2D eigenvalue weighted by molar-refractivity contribution is 6.58. The molecular formula is C6H10BNO2. The second kappa shape index (κ2) is 2.48. The monoisotopic (exact) mass is 139 g/mol. The van der Waals surface area contributed by atoms with Crippen molar-refractivity contribution in [1.29, 1.82) is 0 Å². The topological polar surface area (TPSA) is 45.4 Å². The van der Waals surface area contributed by atoms with Crippen LogP contribution in [0.25, 0.3) is 0 Å². The third-order valence-corrected chi connectivity index (χ3v) is 1.57. The Morgan fingerprint density at radius 2 is 2.10 bits per heavy atom. The van der Waals surface area contributed by atoms with E-state index in [9.17, 15) is 0 Å². The zero-order valence-corrected chi connectivity index (χ0v) is 6.07. The number of hydrogen-bond acceptors (Lipinski definition) is 2. The summed E-state index contributed by atoms with van der Waals surface area (Å²) in [4.78, 5) is 0. The van der Waals surface area contributed by atoms with Gasteiger partial charge in [0.05, 0.1) is 0 Å². The summed E-state index contributed by atoms with van der Waals surface area (Å²) in [6.45, 7) is 1.91. The fraction of sp³-hybridized carbons (Fsp3) is 0.333. The number of aryl methyl sites for hydroxylation is 2. The predicted molar refractivity (Wildman–Crippen MR) is 40.0 cm³/mol. The molecule has 0 spiro atoms. The van der Waals surface area contributed by atoms with Crippen molar-refractivity contribution >= 4 is 12.6 Å². The molecule has 0 amide bonds. The first-order valence-electron chi connectivity index (χ1n) is 3.10. The van der Waals surface area contributed by atoms with E-state index in [0.29, 0.717) is 5.46 Å². The maximum atomic E-state index is 8.70. The van der Waals surface area contributed by atoms with Crippen LogP contribution in [-0.2, 0) is 7.05 Å². The minimum Gasteiger partial charge on any atom is -0.423 e. The fourth-order valence-electron chi connectivity index (χ4n) is 0.847. The second-order valence-corrected chi connectivity index (χ2v) is 2.40. The van der Waals surface area contributed by atoms with Crippen molar-refractivity contribution in [3.05, 3.63) is 18.0 Å². The maximum Gasteiger partial charge on any atom is 0.489 e. The van der Waals surface area contributed by atoms with Gasteiger partial charge in [0.2, 0.25) is 0 Å². The van der Waals surface area contributed by atoms with E-state index in [1.165, 1.54) is 0 Å². The van der Waals surface area contributed by atoms with Gasteiger partial charge >= 0.3 is 7.12 Å². The van der Waals surface area contributed by atoms with E-state index in [-0.39, 0.29) is 0 Å². The molecule has 0 bridgehead atoms. The van der Waals surface area contributed by atoms with E-state index in [0.717, 1.165) is 5.69 Å². The smallest absolute Gasteiger partial charge is 0.423 e. The van der Waals surface area contributed by atoms with Crippen molar-refractivity contribution in [2.75, 3.05) is 0 Å². The molecule has 1 heterocycles. The summed E-state index contributed by atoms with van der Waals surface area (Å²) >= 11 is 0. The molecule has 0 aliphatic rings. The lowest BCUT2D eigenvalue weighted by molar-refractivity contribution is 0.425. The Labute approximate surface area is 60.1 Å². The maximum absolute atomic E-state index is 8.70. The van der Waals surface area contributed by atoms with E-state index < -0.39 is 7.12 Å². The fourth-order valence-corrected chi connectivity index (χ4v) is 0.847. The van der Waals surface area contributed by atoms with Crippen LogP contribution in [0.4, 0.5) is 0 Å². The summed E-state index contributed by atoms with van der Waals surface area (Å²) in [6.07, 6.45) is 1.69. The molecule has 0 fully saturated rings. The van der Waals surface area contributed by atoms with Crippen LogP contribution in [0, 0.1) is 6.92 Å². The standard InChI is InChI=1S/C6H10BNO2/c1-5-3-6(7(9)10)4-8(5)2/h3-4,9-10H,1-2H3. The highest BCUT2D eigenvalue weighted by Crippen LogP contribution is 1.93. The van der Waals surface area contributed by atoms with Crippen LogP contribution in [0.5, 0.6) is 0 Å². The third kappa shape index (κ3) is 1.22. The minimum absolute atomic E-state index is 0.542. The lowest BCUT2D eigenvalue weighted by Gasteiger charge is -1.91. The second-order valence-electron chi connectivity index (χ2n) is 2.40. The molecule has 0 aromatic carbocycles. The molecule has 3 nitrogen and oxygen atoms in total. The molecule has 4 heteroatoms. The van der Waals surface area contributed by atoms with Crippen molar-refractivity contribution < 1.29 is 10.0 Å². The number of aromatic nitrogens is 1. The van der Waals surface area contributed by atoms with Gasteiger partial charge in [-0.25, -0.2) is 0 Å². The van der Waals surface area contributed by atoms with E-state index in [1.54, 1.807) is 12.3 Å². The molecule has 1 rings (SSSR count). The van der Waals surface area contributed by atoms with Gasteiger partial charge in [0, 0.05) is 18.9 Å². The Morgan fingerprint density at radius 3 is 2.30 bits per heavy atom. The van der Waals surface area contributed by atoms with Crippen LogP contribution < -0.4 is 5.46 Å². The average molecular weight is 139 g/mol. The summed E-state index contributed by atoms with van der Waals surface area (Å²) in [7, 11) is 0.515. The molecule has 10 heavy (non-hydrogen) atoms. The van der Waals surface area contributed by atoms with E-state index in [2.05, 4.69) is 0 Å². The zero-order chi connectivity index (χ0) is 7.72. The molecule has 0 saturated heterocycles. The first-order valence-corrected chi connectivity index (χ1v) is 3.10. The van der Waals surface area contributed by atoms with Crippen LogP contribution in [-0.4, -0.2) is 21.7 Å². The van der Waals surface area contributed by atoms with Gasteiger partial charge < -0.3 is 14.6 Å². The SMILES string of the molecule is Cc1cc(B(O)O)cn1C. The van der Waals surface area contributed by atoms with Gasteiger partial charge in [-0.15, -0.1) is 0 Å². The highest BCUT2D eigenvalue weighted by Gasteiger charge is 2.12. The number of nitrogens with zero attached hydrogens (tertiary/aromatic N) is 1. The van der Waals surface area contributed by atoms with Crippen LogP contribution in [0.2, 0.25) is 0 Å². The van der Waals surface area contributed by atoms with Crippen LogP contribution in [0.1, 0.15) is 5.69 Å². The van der Waals surface area contributed by atoms with Crippen molar-refractivity contribution in [2.24, 2.45) is 7.05 Å². The summed E-state index contributed by atoms with van der Waals surface area (Å²) in [6, 6.07) is 1.74. The van der Waals surface area contributed by atoms with E-state index >= 15 is 0 Å². The molecular weight excluding hydrogens is 129 g/mol. The first kappa shape index (κ1) is 7.37. The summed E-state index contributed by atoms with van der Waals surface area (Å²) in [5.41, 5.74) is 1.56. The molecule has 54 valence electrons. The summed E-state index contributed by atoms with van der Waals surface area (Å²) in [5.74, 6) is 0. The lowest BCUT2D eigenvalue weighted by Crippen LogP contribution is -2.28. The zero-order valence-electron chi connectivity index (χ0n) is 6.07. The van der Waals surface area contributed by atoms with Gasteiger partial charge in [0.1, 0.15) is 0 Å². The largest absolute Gasteiger partial charge is 0.489 e.